The summed E-state index contributed by atoms with van der Waals surface area (Å²) in [4.78, 5) is 14.5. The maximum Gasteiger partial charge on any atom is 0.228 e. The molecule has 1 saturated heterocycles. The summed E-state index contributed by atoms with van der Waals surface area (Å²) in [5, 5.41) is 0. The van der Waals surface area contributed by atoms with Crippen LogP contribution in [0.2, 0.25) is 0 Å². The first-order chi connectivity index (χ1) is 13.8. The van der Waals surface area contributed by atoms with Crippen LogP contribution in [0.25, 0.3) is 0 Å². The predicted molar refractivity (Wildman–Crippen MR) is 109 cm³/mol. The lowest BCUT2D eigenvalue weighted by Crippen LogP contribution is -2.31. The number of rotatable bonds is 4. The van der Waals surface area contributed by atoms with Crippen molar-refractivity contribution in [1.29, 1.82) is 0 Å². The van der Waals surface area contributed by atoms with Crippen molar-refractivity contribution < 1.29 is 18.0 Å². The first-order valence-electron chi connectivity index (χ1n) is 9.56. The fourth-order valence-electron chi connectivity index (χ4n) is 4.47. The largest absolute Gasteiger partial charge is 0.342 e. The first-order valence-corrected chi connectivity index (χ1v) is 10.8. The van der Waals surface area contributed by atoms with Crippen molar-refractivity contribution in [3.8, 4) is 0 Å². The monoisotopic (exact) mass is 487 g/mol. The second kappa shape index (κ2) is 7.91. The molecule has 0 spiro atoms. The number of carbonyl (C=O) groups is 1. The fraction of sp³-hybridized carbons (Fsp3) is 0.500. The Bertz CT molecular complexity index is 1030. The molecule has 0 bridgehead atoms. The number of imidazole rings is 1. The molecule has 156 valence electrons. The average Bonchev–Trinajstić information content (AvgIpc) is 3.39. The Morgan fingerprint density at radius 3 is 2.76 bits per heavy atom. The van der Waals surface area contributed by atoms with Gasteiger partial charge in [0.15, 0.2) is 4.77 Å². The van der Waals surface area contributed by atoms with Crippen molar-refractivity contribution in [1.82, 2.24) is 14.0 Å². The zero-order valence-electron chi connectivity index (χ0n) is 15.9. The highest BCUT2D eigenvalue weighted by molar-refractivity contribution is 9.10. The van der Waals surface area contributed by atoms with Crippen LogP contribution in [0.5, 0.6) is 0 Å². The summed E-state index contributed by atoms with van der Waals surface area (Å²) in [6, 6.07) is 2.61. The highest BCUT2D eigenvalue weighted by Crippen LogP contribution is 2.37. The van der Waals surface area contributed by atoms with E-state index in [9.17, 15) is 18.0 Å². The number of amides is 1. The van der Waals surface area contributed by atoms with Crippen molar-refractivity contribution in [2.75, 3.05) is 19.8 Å². The van der Waals surface area contributed by atoms with Crippen molar-refractivity contribution in [3.63, 3.8) is 0 Å². The van der Waals surface area contributed by atoms with E-state index in [1.165, 1.54) is 12.1 Å². The molecule has 1 aromatic heterocycles. The zero-order valence-corrected chi connectivity index (χ0v) is 18.3. The average molecular weight is 488 g/mol. The summed E-state index contributed by atoms with van der Waals surface area (Å²) in [6.45, 7) is 0.951. The summed E-state index contributed by atoms with van der Waals surface area (Å²) in [6.07, 6.45) is 1.24. The van der Waals surface area contributed by atoms with E-state index in [4.69, 9.17) is 12.2 Å². The van der Waals surface area contributed by atoms with Gasteiger partial charge in [0.1, 0.15) is 11.6 Å². The molecule has 4 rings (SSSR count). The molecule has 29 heavy (non-hydrogen) atoms. The van der Waals surface area contributed by atoms with Crippen molar-refractivity contribution in [2.24, 2.45) is 13.0 Å². The van der Waals surface area contributed by atoms with Gasteiger partial charge in [-0.25, -0.2) is 8.78 Å². The molecule has 0 aliphatic carbocycles. The smallest absolute Gasteiger partial charge is 0.228 e. The highest BCUT2D eigenvalue weighted by Gasteiger charge is 2.34. The van der Waals surface area contributed by atoms with E-state index in [1.807, 2.05) is 4.57 Å². The van der Waals surface area contributed by atoms with Crippen LogP contribution in [0.1, 0.15) is 29.3 Å². The molecule has 1 aromatic carbocycles. The van der Waals surface area contributed by atoms with Crippen LogP contribution in [0.3, 0.4) is 0 Å². The highest BCUT2D eigenvalue weighted by atomic mass is 79.9. The van der Waals surface area contributed by atoms with Gasteiger partial charge in [0, 0.05) is 55.5 Å². The predicted octanol–water partition coefficient (Wildman–Crippen LogP) is 4.30. The Hall–Kier alpha value is -1.61. The van der Waals surface area contributed by atoms with Crippen molar-refractivity contribution in [3.05, 3.63) is 50.0 Å². The van der Waals surface area contributed by atoms with Gasteiger partial charge < -0.3 is 14.0 Å². The number of halogens is 4. The van der Waals surface area contributed by atoms with Gasteiger partial charge in [-0.05, 0) is 53.1 Å². The van der Waals surface area contributed by atoms with Gasteiger partial charge >= 0.3 is 0 Å². The van der Waals surface area contributed by atoms with Gasteiger partial charge in [0.2, 0.25) is 5.91 Å². The number of aromatic nitrogens is 2. The lowest BCUT2D eigenvalue weighted by Gasteiger charge is -2.17. The number of alkyl halides is 1. The quantitative estimate of drug-likeness (QED) is 0.475. The van der Waals surface area contributed by atoms with Crippen molar-refractivity contribution >= 4 is 34.1 Å². The summed E-state index contributed by atoms with van der Waals surface area (Å²) in [5.41, 5.74) is 1.65. The SMILES string of the molecule is Cn1c(CC(=O)N2CCC(CF)C2)c2n(c1=S)CC(c1c(F)ccc(Br)c1F)C2. The Morgan fingerprint density at radius 1 is 1.31 bits per heavy atom. The second-order valence-corrected chi connectivity index (χ2v) is 9.05. The molecule has 2 atom stereocenters. The molecule has 2 aliphatic rings. The number of benzene rings is 1. The lowest BCUT2D eigenvalue weighted by molar-refractivity contribution is -0.129. The molecular weight excluding hydrogens is 467 g/mol. The summed E-state index contributed by atoms with van der Waals surface area (Å²) >= 11 is 8.64. The van der Waals surface area contributed by atoms with Crippen LogP contribution in [-0.4, -0.2) is 39.7 Å². The van der Waals surface area contributed by atoms with Crippen LogP contribution in [0.4, 0.5) is 13.2 Å². The summed E-state index contributed by atoms with van der Waals surface area (Å²) < 4.78 is 46.3. The van der Waals surface area contributed by atoms with Gasteiger partial charge in [0.25, 0.3) is 0 Å². The maximum atomic E-state index is 14.6. The summed E-state index contributed by atoms with van der Waals surface area (Å²) in [5.74, 6) is -1.72. The summed E-state index contributed by atoms with van der Waals surface area (Å²) in [7, 11) is 1.81. The third-order valence-electron chi connectivity index (χ3n) is 6.09. The van der Waals surface area contributed by atoms with E-state index in [0.717, 1.165) is 11.4 Å². The maximum absolute atomic E-state index is 14.6. The van der Waals surface area contributed by atoms with E-state index in [2.05, 4.69) is 15.9 Å². The number of hydrogen-bond donors (Lipinski definition) is 0. The van der Waals surface area contributed by atoms with Crippen LogP contribution >= 0.6 is 28.1 Å². The van der Waals surface area contributed by atoms with Gasteiger partial charge in [-0.3, -0.25) is 9.18 Å². The molecular formula is C20H21BrF3N3OS. The third kappa shape index (κ3) is 3.56. The topological polar surface area (TPSA) is 30.2 Å². The normalized spacial score (nSPS) is 21.1. The van der Waals surface area contributed by atoms with E-state index in [1.54, 1.807) is 16.5 Å². The standard InChI is InChI=1S/C20H21BrF3N3OS/c1-25-15(7-17(28)26-5-4-11(8-22)9-26)16-6-12(10-27(16)20(25)29)18-14(23)3-2-13(21)19(18)24/h2-3,11-12H,4-10H2,1H3. The molecule has 2 aliphatic heterocycles. The van der Waals surface area contributed by atoms with Crippen LogP contribution in [-0.2, 0) is 31.2 Å². The fourth-order valence-corrected chi connectivity index (χ4v) is 5.11. The third-order valence-corrected chi connectivity index (χ3v) is 7.19. The van der Waals surface area contributed by atoms with Crippen LogP contribution in [0, 0.1) is 22.3 Å². The Morgan fingerprint density at radius 2 is 2.07 bits per heavy atom. The molecule has 0 radical (unpaired) electrons. The first kappa shape index (κ1) is 20.7. The molecule has 4 nitrogen and oxygen atoms in total. The van der Waals surface area contributed by atoms with E-state index in [0.29, 0.717) is 37.2 Å². The van der Waals surface area contributed by atoms with Gasteiger partial charge in [-0.2, -0.15) is 0 Å². The minimum absolute atomic E-state index is 0.0442. The Labute approximate surface area is 180 Å². The van der Waals surface area contributed by atoms with E-state index < -0.39 is 18.3 Å². The Balaban J connectivity index is 1.61. The molecule has 1 fully saturated rings. The molecule has 9 heteroatoms. The zero-order chi connectivity index (χ0) is 20.9. The minimum atomic E-state index is -0.594. The van der Waals surface area contributed by atoms with Crippen LogP contribution in [0.15, 0.2) is 16.6 Å². The number of nitrogens with zero attached hydrogens (tertiary/aromatic N) is 3. The Kier molecular flexibility index (Phi) is 5.63. The lowest BCUT2D eigenvalue weighted by atomic mass is 9.95. The molecule has 2 unspecified atom stereocenters. The van der Waals surface area contributed by atoms with Gasteiger partial charge in [0.05, 0.1) is 17.6 Å². The van der Waals surface area contributed by atoms with E-state index in [-0.39, 0.29) is 34.2 Å². The van der Waals surface area contributed by atoms with Gasteiger partial charge in [-0.1, -0.05) is 0 Å². The molecule has 3 heterocycles. The second-order valence-electron chi connectivity index (χ2n) is 7.83. The molecule has 2 aromatic rings. The molecule has 0 N–H and O–H groups in total. The number of hydrogen-bond acceptors (Lipinski definition) is 2. The molecule has 1 amide bonds. The number of carbonyl (C=O) groups excluding carboxylic acids is 1. The minimum Gasteiger partial charge on any atom is -0.342 e. The van der Waals surface area contributed by atoms with Crippen LogP contribution < -0.4 is 0 Å². The number of fused-ring (bicyclic) bond motifs is 1. The number of likely N-dealkylation sites (tertiary alicyclic amines) is 1. The molecule has 0 saturated carbocycles. The van der Waals surface area contributed by atoms with Crippen molar-refractivity contribution in [2.45, 2.75) is 31.7 Å². The van der Waals surface area contributed by atoms with E-state index >= 15 is 0 Å². The van der Waals surface area contributed by atoms with Gasteiger partial charge in [-0.15, -0.1) is 0 Å².